The zero-order valence-corrected chi connectivity index (χ0v) is 13.0. The molecule has 20 heavy (non-hydrogen) atoms. The van der Waals surface area contributed by atoms with Crippen molar-refractivity contribution in [1.82, 2.24) is 0 Å². The van der Waals surface area contributed by atoms with E-state index in [1.54, 1.807) is 0 Å². The maximum absolute atomic E-state index is 11.1. The van der Waals surface area contributed by atoms with Gasteiger partial charge in [-0.3, -0.25) is 4.99 Å². The quantitative estimate of drug-likeness (QED) is 0.786. The van der Waals surface area contributed by atoms with E-state index in [4.69, 9.17) is 17.3 Å². The van der Waals surface area contributed by atoms with Crippen LogP contribution in [-0.2, 0) is 0 Å². The molecule has 4 atom stereocenters. The van der Waals surface area contributed by atoms with Crippen LogP contribution in [-0.4, -0.2) is 28.0 Å². The van der Waals surface area contributed by atoms with Gasteiger partial charge in [0.1, 0.15) is 11.4 Å². The van der Waals surface area contributed by atoms with Crippen LogP contribution < -0.4 is 5.73 Å². The van der Waals surface area contributed by atoms with Gasteiger partial charge in [-0.2, -0.15) is 0 Å². The summed E-state index contributed by atoms with van der Waals surface area (Å²) >= 11 is 6.30. The van der Waals surface area contributed by atoms with Crippen molar-refractivity contribution in [1.29, 1.82) is 0 Å². The van der Waals surface area contributed by atoms with E-state index in [1.807, 2.05) is 0 Å². The van der Waals surface area contributed by atoms with E-state index in [2.05, 4.69) is 4.99 Å². The molecule has 4 heteroatoms. The molecule has 3 rings (SSSR count). The molecule has 2 fully saturated rings. The van der Waals surface area contributed by atoms with Crippen LogP contribution in [0.4, 0.5) is 0 Å². The molecule has 1 aliphatic heterocycles. The Labute approximate surface area is 127 Å². The first-order valence-corrected chi connectivity index (χ1v) is 8.73. The van der Waals surface area contributed by atoms with Crippen LogP contribution in [0.1, 0.15) is 64.2 Å². The van der Waals surface area contributed by atoms with Crippen molar-refractivity contribution in [3.63, 3.8) is 0 Å². The summed E-state index contributed by atoms with van der Waals surface area (Å²) in [5, 5.41) is 11.3. The minimum Gasteiger partial charge on any atom is -0.385 e. The lowest BCUT2D eigenvalue weighted by molar-refractivity contribution is 0.0206. The molecule has 0 radical (unpaired) electrons. The van der Waals surface area contributed by atoms with Crippen molar-refractivity contribution >= 4 is 17.4 Å². The van der Waals surface area contributed by atoms with E-state index >= 15 is 0 Å². The van der Waals surface area contributed by atoms with Crippen molar-refractivity contribution in [2.75, 3.05) is 0 Å². The van der Waals surface area contributed by atoms with Crippen LogP contribution in [0.2, 0.25) is 0 Å². The number of alkyl halides is 1. The van der Waals surface area contributed by atoms with Crippen molar-refractivity contribution in [2.45, 2.75) is 81.2 Å². The van der Waals surface area contributed by atoms with Gasteiger partial charge in [-0.25, -0.2) is 0 Å². The first-order valence-electron chi connectivity index (χ1n) is 8.30. The number of rotatable bonds is 3. The molecule has 1 heterocycles. The summed E-state index contributed by atoms with van der Waals surface area (Å²) in [4.78, 5) is 4.55. The molecule has 0 aromatic carbocycles. The lowest BCUT2D eigenvalue weighted by Crippen LogP contribution is -2.50. The zero-order chi connectivity index (χ0) is 14.2. The topological polar surface area (TPSA) is 58.6 Å². The summed E-state index contributed by atoms with van der Waals surface area (Å²) in [5.74, 6) is 1.41. The molecular formula is C16H27ClN2O. The predicted octanol–water partition coefficient (Wildman–Crippen LogP) is 3.22. The van der Waals surface area contributed by atoms with Crippen molar-refractivity contribution in [3.05, 3.63) is 0 Å². The first-order chi connectivity index (χ1) is 9.59. The Balaban J connectivity index is 1.64. The molecule has 0 bridgehead atoms. The van der Waals surface area contributed by atoms with Gasteiger partial charge in [-0.1, -0.05) is 32.1 Å². The summed E-state index contributed by atoms with van der Waals surface area (Å²) < 4.78 is 0. The molecule has 0 saturated heterocycles. The molecule has 0 amide bonds. The number of nitrogens with zero attached hydrogens (tertiary/aromatic N) is 1. The number of aliphatic imine (C=N–C) groups is 1. The molecule has 3 aliphatic rings. The second kappa shape index (κ2) is 5.84. The minimum atomic E-state index is -0.879. The standard InChI is InChI=1S/C16H27ClN2O/c17-12-6-7-14-13(10-12)16(20,15(18)19-14)9-8-11-4-2-1-3-5-11/h11-14,20H,1-10H2,(H2,18,19). The Morgan fingerprint density at radius 1 is 1.20 bits per heavy atom. The minimum absolute atomic E-state index is 0.155. The fourth-order valence-corrected chi connectivity index (χ4v) is 4.78. The highest BCUT2D eigenvalue weighted by Gasteiger charge is 2.51. The van der Waals surface area contributed by atoms with Gasteiger partial charge in [0.2, 0.25) is 0 Å². The molecule has 0 spiro atoms. The Morgan fingerprint density at radius 2 is 1.95 bits per heavy atom. The SMILES string of the molecule is NC1=NC2CCC(Cl)CC2C1(O)CCC1CCCCC1. The second-order valence-corrected chi connectivity index (χ2v) is 7.68. The number of hydrogen-bond donors (Lipinski definition) is 2. The Kier molecular flexibility index (Phi) is 4.28. The van der Waals surface area contributed by atoms with Crippen molar-refractivity contribution in [2.24, 2.45) is 22.6 Å². The second-order valence-electron chi connectivity index (χ2n) is 7.07. The van der Waals surface area contributed by atoms with Gasteiger partial charge in [-0.05, 0) is 38.0 Å². The average molecular weight is 299 g/mol. The fourth-order valence-electron chi connectivity index (χ4n) is 4.46. The van der Waals surface area contributed by atoms with Crippen molar-refractivity contribution < 1.29 is 5.11 Å². The average Bonchev–Trinajstić information content (AvgIpc) is 2.71. The molecule has 114 valence electrons. The van der Waals surface area contributed by atoms with Crippen LogP contribution in [0.3, 0.4) is 0 Å². The van der Waals surface area contributed by atoms with Crippen LogP contribution >= 0.6 is 11.6 Å². The normalized spacial score (nSPS) is 42.3. The zero-order valence-electron chi connectivity index (χ0n) is 12.2. The van der Waals surface area contributed by atoms with Crippen LogP contribution in [0.15, 0.2) is 4.99 Å². The van der Waals surface area contributed by atoms with Gasteiger partial charge in [-0.15, -0.1) is 11.6 Å². The van der Waals surface area contributed by atoms with E-state index in [9.17, 15) is 5.11 Å². The summed E-state index contributed by atoms with van der Waals surface area (Å²) in [6.07, 6.45) is 11.4. The Morgan fingerprint density at radius 3 is 2.70 bits per heavy atom. The largest absolute Gasteiger partial charge is 0.385 e. The summed E-state index contributed by atoms with van der Waals surface area (Å²) in [5.41, 5.74) is 5.21. The van der Waals surface area contributed by atoms with Gasteiger partial charge in [0, 0.05) is 11.3 Å². The van der Waals surface area contributed by atoms with Gasteiger partial charge in [0.15, 0.2) is 0 Å². The monoisotopic (exact) mass is 298 g/mol. The number of nitrogens with two attached hydrogens (primary N) is 1. The molecule has 2 saturated carbocycles. The molecule has 4 unspecified atom stereocenters. The third-order valence-corrected chi connectivity index (χ3v) is 6.17. The summed E-state index contributed by atoms with van der Waals surface area (Å²) in [6, 6.07) is 0.210. The molecule has 2 aliphatic carbocycles. The molecule has 0 aromatic heterocycles. The Bertz CT molecular complexity index is 381. The lowest BCUT2D eigenvalue weighted by atomic mass is 9.72. The molecule has 3 N–H and O–H groups in total. The van der Waals surface area contributed by atoms with E-state index in [0.29, 0.717) is 5.84 Å². The number of amidine groups is 1. The Hall–Kier alpha value is -0.280. The highest BCUT2D eigenvalue weighted by Crippen LogP contribution is 2.44. The fraction of sp³-hybridized carbons (Fsp3) is 0.938. The van der Waals surface area contributed by atoms with Crippen LogP contribution in [0.5, 0.6) is 0 Å². The van der Waals surface area contributed by atoms with E-state index in [1.165, 1.54) is 32.1 Å². The highest BCUT2D eigenvalue weighted by atomic mass is 35.5. The van der Waals surface area contributed by atoms with E-state index < -0.39 is 5.60 Å². The van der Waals surface area contributed by atoms with Crippen LogP contribution in [0, 0.1) is 11.8 Å². The number of aliphatic hydroxyl groups is 1. The number of hydrogen-bond acceptors (Lipinski definition) is 3. The smallest absolute Gasteiger partial charge is 0.127 e. The number of halogens is 1. The third kappa shape index (κ3) is 2.71. The maximum Gasteiger partial charge on any atom is 0.127 e. The summed E-state index contributed by atoms with van der Waals surface area (Å²) in [7, 11) is 0. The molecule has 0 aromatic rings. The molecular weight excluding hydrogens is 272 g/mol. The van der Waals surface area contributed by atoms with E-state index in [-0.39, 0.29) is 17.3 Å². The maximum atomic E-state index is 11.1. The lowest BCUT2D eigenvalue weighted by Gasteiger charge is -2.37. The molecule has 3 nitrogen and oxygen atoms in total. The predicted molar refractivity (Wildman–Crippen MR) is 83.2 cm³/mol. The van der Waals surface area contributed by atoms with E-state index in [0.717, 1.165) is 38.0 Å². The van der Waals surface area contributed by atoms with Crippen molar-refractivity contribution in [3.8, 4) is 0 Å². The van der Waals surface area contributed by atoms with Gasteiger partial charge < -0.3 is 10.8 Å². The van der Waals surface area contributed by atoms with Gasteiger partial charge in [0.05, 0.1) is 6.04 Å². The summed E-state index contributed by atoms with van der Waals surface area (Å²) in [6.45, 7) is 0. The highest BCUT2D eigenvalue weighted by molar-refractivity contribution is 6.20. The van der Waals surface area contributed by atoms with Gasteiger partial charge in [0.25, 0.3) is 0 Å². The third-order valence-electron chi connectivity index (χ3n) is 5.77. The number of fused-ring (bicyclic) bond motifs is 1. The van der Waals surface area contributed by atoms with Gasteiger partial charge >= 0.3 is 0 Å². The first kappa shape index (κ1) is 14.6. The van der Waals surface area contributed by atoms with Crippen LogP contribution in [0.25, 0.3) is 0 Å².